The molecule has 0 heterocycles. The van der Waals surface area contributed by atoms with Gasteiger partial charge in [0, 0.05) is 19.3 Å². The van der Waals surface area contributed by atoms with Gasteiger partial charge in [0.1, 0.15) is 13.2 Å². The van der Waals surface area contributed by atoms with Crippen molar-refractivity contribution in [2.75, 3.05) is 13.2 Å². The minimum atomic E-state index is -0.810. The third-order valence-corrected chi connectivity index (χ3v) is 14.5. The van der Waals surface area contributed by atoms with Crippen molar-refractivity contribution in [1.82, 2.24) is 0 Å². The minimum Gasteiger partial charge on any atom is -0.462 e. The third kappa shape index (κ3) is 64.9. The monoisotopic (exact) mass is 1110 g/mol. The highest BCUT2D eigenvalue weighted by Gasteiger charge is 2.19. The topological polar surface area (TPSA) is 78.9 Å². The van der Waals surface area contributed by atoms with Gasteiger partial charge in [0.15, 0.2) is 6.10 Å². The smallest absolute Gasteiger partial charge is 0.306 e. The van der Waals surface area contributed by atoms with Crippen molar-refractivity contribution >= 4 is 17.9 Å². The Labute approximate surface area is 495 Å². The van der Waals surface area contributed by atoms with E-state index in [4.69, 9.17) is 14.2 Å². The fraction of sp³-hybridized carbons (Fsp3) is 0.716. The molecule has 6 nitrogen and oxygen atoms in total. The quantitative estimate of drug-likeness (QED) is 0.0261. The Morgan fingerprint density at radius 3 is 0.825 bits per heavy atom. The van der Waals surface area contributed by atoms with Crippen LogP contribution >= 0.6 is 0 Å². The summed E-state index contributed by atoms with van der Waals surface area (Å²) >= 11 is 0. The Morgan fingerprint density at radius 2 is 0.500 bits per heavy atom. The summed E-state index contributed by atoms with van der Waals surface area (Å²) in [6, 6.07) is 0. The number of allylic oxidation sites excluding steroid dienone is 18. The van der Waals surface area contributed by atoms with Gasteiger partial charge in [-0.05, 0) is 103 Å². The van der Waals surface area contributed by atoms with Crippen LogP contribution in [0.5, 0.6) is 0 Å². The lowest BCUT2D eigenvalue weighted by Crippen LogP contribution is -2.30. The van der Waals surface area contributed by atoms with E-state index in [1.807, 2.05) is 0 Å². The minimum absolute atomic E-state index is 0.102. The van der Waals surface area contributed by atoms with Crippen LogP contribution in [0.1, 0.15) is 323 Å². The fourth-order valence-corrected chi connectivity index (χ4v) is 9.46. The molecule has 0 spiro atoms. The van der Waals surface area contributed by atoms with Crippen LogP contribution in [0.2, 0.25) is 0 Å². The lowest BCUT2D eigenvalue weighted by Gasteiger charge is -2.18. The molecule has 0 aromatic heterocycles. The van der Waals surface area contributed by atoms with Gasteiger partial charge in [-0.2, -0.15) is 0 Å². The molecule has 0 aliphatic rings. The van der Waals surface area contributed by atoms with Crippen LogP contribution in [0.4, 0.5) is 0 Å². The van der Waals surface area contributed by atoms with Gasteiger partial charge in [0.25, 0.3) is 0 Å². The largest absolute Gasteiger partial charge is 0.462 e. The maximum absolute atomic E-state index is 12.9. The summed E-state index contributed by atoms with van der Waals surface area (Å²) in [7, 11) is 0. The molecule has 0 fully saturated rings. The number of carbonyl (C=O) groups is 3. The highest BCUT2D eigenvalue weighted by atomic mass is 16.6. The average Bonchev–Trinajstić information content (AvgIpc) is 3.46. The molecule has 0 amide bonds. The van der Waals surface area contributed by atoms with Crippen LogP contribution in [-0.4, -0.2) is 37.2 Å². The second-order valence-corrected chi connectivity index (χ2v) is 22.4. The number of rotatable bonds is 61. The molecule has 6 heteroatoms. The zero-order valence-corrected chi connectivity index (χ0v) is 52.6. The Hall–Kier alpha value is -3.93. The zero-order chi connectivity index (χ0) is 57.8. The predicted molar refractivity (Wildman–Crippen MR) is 348 cm³/mol. The van der Waals surface area contributed by atoms with Crippen LogP contribution in [0, 0.1) is 0 Å². The summed E-state index contributed by atoms with van der Waals surface area (Å²) in [5, 5.41) is 0. The molecule has 0 aliphatic heterocycles. The molecule has 80 heavy (non-hydrogen) atoms. The van der Waals surface area contributed by atoms with Crippen LogP contribution in [0.3, 0.4) is 0 Å². The summed E-state index contributed by atoms with van der Waals surface area (Å²) in [5.74, 6) is -0.964. The molecule has 0 aromatic carbocycles. The van der Waals surface area contributed by atoms with Crippen molar-refractivity contribution < 1.29 is 28.6 Å². The normalized spacial score (nSPS) is 12.8. The highest BCUT2D eigenvalue weighted by molar-refractivity contribution is 5.71. The van der Waals surface area contributed by atoms with Crippen LogP contribution < -0.4 is 0 Å². The maximum atomic E-state index is 12.9. The van der Waals surface area contributed by atoms with Crippen molar-refractivity contribution in [3.8, 4) is 0 Å². The van der Waals surface area contributed by atoms with Crippen LogP contribution in [0.15, 0.2) is 109 Å². The second kappa shape index (κ2) is 67.6. The first-order valence-corrected chi connectivity index (χ1v) is 33.9. The first kappa shape index (κ1) is 76.1. The van der Waals surface area contributed by atoms with Crippen molar-refractivity contribution in [3.63, 3.8) is 0 Å². The third-order valence-electron chi connectivity index (χ3n) is 14.5. The molecule has 0 aliphatic carbocycles. The SMILES string of the molecule is CC/C=C\C/C=C\C/C=C\C/C=C\C/C=C\C/C=C\C/C=C\CCCC(=O)OCC(COC(=O)CCCCCCC/C=C\C/C=C\CCCCCC)OC(=O)CCCCCCCCCCCCCCCCCCCCCCCCC. The van der Waals surface area contributed by atoms with E-state index < -0.39 is 6.10 Å². The van der Waals surface area contributed by atoms with E-state index >= 15 is 0 Å². The first-order chi connectivity index (χ1) is 39.5. The molecule has 0 saturated carbocycles. The zero-order valence-electron chi connectivity index (χ0n) is 52.6. The van der Waals surface area contributed by atoms with E-state index in [-0.39, 0.29) is 37.5 Å². The average molecular weight is 1110 g/mol. The Bertz CT molecular complexity index is 1610. The van der Waals surface area contributed by atoms with Crippen molar-refractivity contribution in [2.24, 2.45) is 0 Å². The van der Waals surface area contributed by atoms with Crippen LogP contribution in [-0.2, 0) is 28.6 Å². The van der Waals surface area contributed by atoms with E-state index in [0.29, 0.717) is 19.3 Å². The predicted octanol–water partition coefficient (Wildman–Crippen LogP) is 23.4. The fourth-order valence-electron chi connectivity index (χ4n) is 9.46. The van der Waals surface area contributed by atoms with E-state index in [1.165, 1.54) is 161 Å². The molecular weight excluding hydrogens is 985 g/mol. The lowest BCUT2D eigenvalue weighted by atomic mass is 10.0. The second-order valence-electron chi connectivity index (χ2n) is 22.4. The van der Waals surface area contributed by atoms with Gasteiger partial charge in [-0.25, -0.2) is 0 Å². The van der Waals surface area contributed by atoms with Gasteiger partial charge in [-0.3, -0.25) is 14.4 Å². The van der Waals surface area contributed by atoms with E-state index in [0.717, 1.165) is 116 Å². The number of hydrogen-bond donors (Lipinski definition) is 0. The molecule has 1 atom stereocenters. The molecule has 0 aromatic rings. The highest BCUT2D eigenvalue weighted by Crippen LogP contribution is 2.17. The van der Waals surface area contributed by atoms with Gasteiger partial charge >= 0.3 is 17.9 Å². The summed E-state index contributed by atoms with van der Waals surface area (Å²) in [6.45, 7) is 6.49. The molecule has 0 N–H and O–H groups in total. The summed E-state index contributed by atoms with van der Waals surface area (Å²) in [6.07, 6.45) is 92.5. The maximum Gasteiger partial charge on any atom is 0.306 e. The number of esters is 3. The summed E-state index contributed by atoms with van der Waals surface area (Å²) in [5.41, 5.74) is 0. The lowest BCUT2D eigenvalue weighted by molar-refractivity contribution is -0.167. The molecule has 0 saturated heterocycles. The van der Waals surface area contributed by atoms with E-state index in [1.54, 1.807) is 0 Å². The first-order valence-electron chi connectivity index (χ1n) is 33.9. The summed E-state index contributed by atoms with van der Waals surface area (Å²) < 4.78 is 16.9. The summed E-state index contributed by atoms with van der Waals surface area (Å²) in [4.78, 5) is 38.4. The number of ether oxygens (including phenoxy) is 3. The Morgan fingerprint density at radius 1 is 0.263 bits per heavy atom. The number of unbranched alkanes of at least 4 members (excludes halogenated alkanes) is 32. The number of carbonyl (C=O) groups excluding carboxylic acids is 3. The molecule has 0 bridgehead atoms. The van der Waals surface area contributed by atoms with Gasteiger partial charge in [0.2, 0.25) is 0 Å². The van der Waals surface area contributed by atoms with E-state index in [2.05, 4.69) is 130 Å². The molecule has 0 rings (SSSR count). The van der Waals surface area contributed by atoms with Gasteiger partial charge in [-0.1, -0.05) is 310 Å². The van der Waals surface area contributed by atoms with Gasteiger partial charge in [-0.15, -0.1) is 0 Å². The molecule has 0 radical (unpaired) electrons. The molecule has 458 valence electrons. The molecule has 1 unspecified atom stereocenters. The van der Waals surface area contributed by atoms with E-state index in [9.17, 15) is 14.4 Å². The van der Waals surface area contributed by atoms with Crippen molar-refractivity contribution in [3.05, 3.63) is 109 Å². The number of hydrogen-bond acceptors (Lipinski definition) is 6. The van der Waals surface area contributed by atoms with Crippen LogP contribution in [0.25, 0.3) is 0 Å². The Balaban J connectivity index is 4.45. The van der Waals surface area contributed by atoms with Gasteiger partial charge < -0.3 is 14.2 Å². The van der Waals surface area contributed by atoms with Crippen molar-refractivity contribution in [2.45, 2.75) is 329 Å². The molecular formula is C74H126O6. The van der Waals surface area contributed by atoms with Gasteiger partial charge in [0.05, 0.1) is 0 Å². The Kier molecular flexibility index (Phi) is 64.3. The van der Waals surface area contributed by atoms with Crippen molar-refractivity contribution in [1.29, 1.82) is 0 Å². The standard InChI is InChI=1S/C74H126O6/c1-4-7-10-13-16-19-22-25-28-31-33-35-37-39-41-43-46-49-52-55-58-61-64-67-73(76)79-70-71(69-78-72(75)66-63-60-57-54-51-48-45-30-27-24-21-18-15-12-9-6-3)80-74(77)68-65-62-59-56-53-50-47-44-42-40-38-36-34-32-29-26-23-20-17-14-11-8-5-2/h7,10,16,19,21,24-25,28,30,33,35,39,41,45-46,49,55,58,71H,4-6,8-9,11-15,17-18,20,22-23,26-27,29,31-32,34,36-38,40,42-44,47-48,50-54,56-57,59-70H2,1-3H3/b10-7-,19-16-,24-21-,28-25-,35-33-,41-39-,45-30-,49-46-,58-55-.